The Morgan fingerprint density at radius 3 is 2.43 bits per heavy atom. The van der Waals surface area contributed by atoms with E-state index < -0.39 is 24.6 Å². The summed E-state index contributed by atoms with van der Waals surface area (Å²) in [6, 6.07) is 6.01. The van der Waals surface area contributed by atoms with Crippen molar-refractivity contribution in [2.45, 2.75) is 25.8 Å². The van der Waals surface area contributed by atoms with E-state index in [0.29, 0.717) is 5.75 Å². The van der Waals surface area contributed by atoms with Crippen molar-refractivity contribution < 1.29 is 23.8 Å². The average molecular weight is 296 g/mol. The molecule has 0 amide bonds. The van der Waals surface area contributed by atoms with Gasteiger partial charge in [0.2, 0.25) is 0 Å². The van der Waals surface area contributed by atoms with E-state index in [1.165, 1.54) is 6.92 Å². The number of halogens is 1. The highest BCUT2D eigenvalue weighted by Gasteiger charge is 2.23. The van der Waals surface area contributed by atoms with Crippen molar-refractivity contribution in [3.05, 3.63) is 29.8 Å². The van der Waals surface area contributed by atoms with Gasteiger partial charge < -0.3 is 15.6 Å². The van der Waals surface area contributed by atoms with Crippen LogP contribution in [0.15, 0.2) is 24.3 Å². The Morgan fingerprint density at radius 1 is 1.33 bits per heavy atom. The van der Waals surface area contributed by atoms with E-state index in [2.05, 4.69) is 0 Å². The zero-order valence-corrected chi connectivity index (χ0v) is 11.9. The lowest BCUT2D eigenvalue weighted by Gasteiger charge is -2.16. The van der Waals surface area contributed by atoms with Gasteiger partial charge in [0, 0.05) is 0 Å². The number of benzene rings is 1. The minimum absolute atomic E-state index is 0.00936. The quantitative estimate of drug-likeness (QED) is 0.722. The minimum Gasteiger partial charge on any atom is -0.491 e. The molecule has 0 aliphatic heterocycles. The second-order valence-corrected chi connectivity index (χ2v) is 4.87. The molecule has 0 saturated carbocycles. The Morgan fingerprint density at radius 2 is 1.95 bits per heavy atom. The van der Waals surface area contributed by atoms with Crippen LogP contribution < -0.4 is 10.5 Å². The molecular weight excluding hydrogens is 276 g/mol. The van der Waals surface area contributed by atoms with Gasteiger partial charge in [-0.25, -0.2) is 4.39 Å². The number of hydrogen-bond acceptors (Lipinski definition) is 4. The topological polar surface area (TPSA) is 89.6 Å². The summed E-state index contributed by atoms with van der Waals surface area (Å²) in [6.45, 7) is 0.775. The van der Waals surface area contributed by atoms with Crippen molar-refractivity contribution >= 4 is 11.8 Å². The van der Waals surface area contributed by atoms with E-state index in [9.17, 15) is 19.1 Å². The Balaban J connectivity index is 2.66. The van der Waals surface area contributed by atoms with E-state index >= 15 is 0 Å². The molecule has 2 atom stereocenters. The largest absolute Gasteiger partial charge is 0.491 e. The molecule has 6 heteroatoms. The summed E-state index contributed by atoms with van der Waals surface area (Å²) in [5, 5.41) is 9.20. The number of Topliss-reactive ketones (excluding diaryl/α,β-unsaturated/α-hetero) is 1. The molecule has 116 valence electrons. The maximum atomic E-state index is 12.0. The molecule has 1 aromatic rings. The summed E-state index contributed by atoms with van der Waals surface area (Å²) in [5.41, 5.74) is 6.42. The van der Waals surface area contributed by atoms with Crippen LogP contribution in [0.25, 0.3) is 0 Å². The van der Waals surface area contributed by atoms with Gasteiger partial charge in [0.25, 0.3) is 0 Å². The normalized spacial score (nSPS) is 13.5. The van der Waals surface area contributed by atoms with Crippen molar-refractivity contribution in [3.8, 4) is 5.75 Å². The van der Waals surface area contributed by atoms with Crippen LogP contribution in [0.1, 0.15) is 18.9 Å². The van der Waals surface area contributed by atoms with Crippen LogP contribution in [0.3, 0.4) is 0 Å². The Hall–Kier alpha value is -1.95. The van der Waals surface area contributed by atoms with Crippen molar-refractivity contribution in [2.75, 3.05) is 13.3 Å². The SMILES string of the molecule is CC(=O)[C@@H](N)C[C@H](Cc1ccc(OCC[18F])cc1)C(=O)O. The van der Waals surface area contributed by atoms with Gasteiger partial charge in [0.15, 0.2) is 0 Å². The molecule has 21 heavy (non-hydrogen) atoms. The number of nitrogens with two attached hydrogens (primary N) is 1. The molecule has 0 aromatic heterocycles. The summed E-state index contributed by atoms with van der Waals surface area (Å²) < 4.78 is 17.1. The molecule has 0 radical (unpaired) electrons. The molecular formula is C15H20FNO4. The molecule has 5 nitrogen and oxygen atoms in total. The molecule has 1 aromatic carbocycles. The van der Waals surface area contributed by atoms with Crippen LogP contribution in [-0.4, -0.2) is 36.2 Å². The van der Waals surface area contributed by atoms with Gasteiger partial charge in [0.1, 0.15) is 24.8 Å². The number of carbonyl (C=O) groups excluding carboxylic acids is 1. The molecule has 0 heterocycles. The van der Waals surface area contributed by atoms with Crippen molar-refractivity contribution in [1.82, 2.24) is 0 Å². The first kappa shape index (κ1) is 17.1. The third-order valence-corrected chi connectivity index (χ3v) is 3.16. The van der Waals surface area contributed by atoms with Crippen LogP contribution in [-0.2, 0) is 16.0 Å². The lowest BCUT2D eigenvalue weighted by Crippen LogP contribution is -2.33. The first-order valence-corrected chi connectivity index (χ1v) is 6.70. The second-order valence-electron chi connectivity index (χ2n) is 4.87. The molecule has 0 aliphatic rings. The molecule has 0 saturated heterocycles. The van der Waals surface area contributed by atoms with Gasteiger partial charge in [0.05, 0.1) is 12.0 Å². The third-order valence-electron chi connectivity index (χ3n) is 3.16. The smallest absolute Gasteiger partial charge is 0.306 e. The van der Waals surface area contributed by atoms with Crippen molar-refractivity contribution in [2.24, 2.45) is 11.7 Å². The molecule has 3 N–H and O–H groups in total. The number of rotatable bonds is 9. The number of ketones is 1. The lowest BCUT2D eigenvalue weighted by atomic mass is 9.92. The molecule has 0 aliphatic carbocycles. The van der Waals surface area contributed by atoms with Crippen molar-refractivity contribution in [3.63, 3.8) is 0 Å². The molecule has 0 spiro atoms. The predicted octanol–water partition coefficient (Wildman–Crippen LogP) is 1.58. The zero-order valence-electron chi connectivity index (χ0n) is 11.9. The standard InChI is InChI=1S/C15H20FNO4/c1-10(18)14(17)9-12(15(19)20)8-11-2-4-13(5-3-11)21-7-6-16/h2-5,12,14H,6-9,17H2,1H3,(H,19,20)/t12-,14-/m0/s1/i16-1. The number of hydrogen-bond donors (Lipinski definition) is 2. The van der Waals surface area contributed by atoms with Gasteiger partial charge >= 0.3 is 5.97 Å². The number of carboxylic acids is 1. The first-order chi connectivity index (χ1) is 9.93. The average Bonchev–Trinajstić information content (AvgIpc) is 2.45. The minimum atomic E-state index is -0.982. The van der Waals surface area contributed by atoms with Gasteiger partial charge in [-0.1, -0.05) is 12.1 Å². The fourth-order valence-electron chi connectivity index (χ4n) is 1.91. The number of ether oxygens (including phenoxy) is 1. The number of aliphatic carboxylic acids is 1. The number of carboxylic acid groups (broad SMARTS) is 1. The summed E-state index contributed by atoms with van der Waals surface area (Å²) in [7, 11) is 0. The highest BCUT2D eigenvalue weighted by atomic mass is 18.2. The van der Waals surface area contributed by atoms with E-state index in [1.807, 2.05) is 0 Å². The Bertz CT molecular complexity index is 475. The lowest BCUT2D eigenvalue weighted by molar-refractivity contribution is -0.142. The van der Waals surface area contributed by atoms with Gasteiger partial charge in [-0.05, 0) is 37.5 Å². The van der Waals surface area contributed by atoms with Gasteiger partial charge in [-0.15, -0.1) is 0 Å². The van der Waals surface area contributed by atoms with Crippen LogP contribution >= 0.6 is 0 Å². The van der Waals surface area contributed by atoms with Crippen LogP contribution in [0.2, 0.25) is 0 Å². The highest BCUT2D eigenvalue weighted by Crippen LogP contribution is 2.18. The summed E-state index contributed by atoms with van der Waals surface area (Å²) >= 11 is 0. The predicted molar refractivity (Wildman–Crippen MR) is 76.0 cm³/mol. The van der Waals surface area contributed by atoms with Gasteiger partial charge in [-0.2, -0.15) is 0 Å². The number of alkyl halides is 1. The summed E-state index contributed by atoms with van der Waals surface area (Å²) in [6.07, 6.45) is 0.379. The number of carbonyl (C=O) groups is 2. The molecule has 0 fully saturated rings. The second kappa shape index (κ2) is 8.36. The third kappa shape index (κ3) is 5.91. The summed E-state index contributed by atoms with van der Waals surface area (Å²) in [5.74, 6) is -1.40. The van der Waals surface area contributed by atoms with E-state index in [-0.39, 0.29) is 25.2 Å². The summed E-state index contributed by atoms with van der Waals surface area (Å²) in [4.78, 5) is 22.4. The fourth-order valence-corrected chi connectivity index (χ4v) is 1.91. The maximum Gasteiger partial charge on any atom is 0.306 e. The maximum absolute atomic E-state index is 12.0. The monoisotopic (exact) mass is 296 g/mol. The Kier molecular flexibility index (Phi) is 6.81. The highest BCUT2D eigenvalue weighted by molar-refractivity contribution is 5.82. The van der Waals surface area contributed by atoms with Crippen LogP contribution in [0, 0.1) is 5.92 Å². The fraction of sp³-hybridized carbons (Fsp3) is 0.467. The van der Waals surface area contributed by atoms with Crippen LogP contribution in [0.5, 0.6) is 5.75 Å². The van der Waals surface area contributed by atoms with Crippen molar-refractivity contribution in [1.29, 1.82) is 0 Å². The first-order valence-electron chi connectivity index (χ1n) is 6.70. The van der Waals surface area contributed by atoms with E-state index in [4.69, 9.17) is 10.5 Å². The zero-order chi connectivity index (χ0) is 15.8. The molecule has 1 rings (SSSR count). The molecule has 0 unspecified atom stereocenters. The van der Waals surface area contributed by atoms with Gasteiger partial charge in [-0.3, -0.25) is 9.59 Å². The van der Waals surface area contributed by atoms with E-state index in [1.54, 1.807) is 24.3 Å². The molecule has 0 bridgehead atoms. The Labute approximate surface area is 122 Å². The van der Waals surface area contributed by atoms with Crippen LogP contribution in [0.4, 0.5) is 4.39 Å². The van der Waals surface area contributed by atoms with E-state index in [0.717, 1.165) is 5.56 Å².